The maximum absolute atomic E-state index is 13.9. The van der Waals surface area contributed by atoms with Crippen LogP contribution in [0.3, 0.4) is 0 Å². The summed E-state index contributed by atoms with van der Waals surface area (Å²) < 4.78 is 14.6. The lowest BCUT2D eigenvalue weighted by Gasteiger charge is -2.16. The number of guanidine groups is 1. The summed E-state index contributed by atoms with van der Waals surface area (Å²) in [4.78, 5) is 17.8. The number of amides is 1. The third-order valence-corrected chi connectivity index (χ3v) is 4.96. The zero-order valence-corrected chi connectivity index (χ0v) is 19.5. The molecule has 8 heteroatoms. The lowest BCUT2D eigenvalue weighted by molar-refractivity contribution is -0.117. The van der Waals surface area contributed by atoms with Crippen LogP contribution in [0, 0.1) is 5.82 Å². The highest BCUT2D eigenvalue weighted by Crippen LogP contribution is 2.21. The molecule has 0 aromatic heterocycles. The van der Waals surface area contributed by atoms with E-state index in [-0.39, 0.29) is 35.7 Å². The van der Waals surface area contributed by atoms with Crippen molar-refractivity contribution < 1.29 is 9.18 Å². The van der Waals surface area contributed by atoms with Crippen molar-refractivity contribution in [3.63, 3.8) is 0 Å². The number of anilines is 1. The number of benzene rings is 2. The lowest BCUT2D eigenvalue weighted by atomic mass is 10.2. The van der Waals surface area contributed by atoms with Crippen LogP contribution in [0.1, 0.15) is 24.0 Å². The maximum atomic E-state index is 13.9. The van der Waals surface area contributed by atoms with Gasteiger partial charge >= 0.3 is 0 Å². The van der Waals surface area contributed by atoms with E-state index in [2.05, 4.69) is 31.6 Å². The molecule has 5 nitrogen and oxygen atoms in total. The van der Waals surface area contributed by atoms with Crippen LogP contribution in [0.15, 0.2) is 51.9 Å². The summed E-state index contributed by atoms with van der Waals surface area (Å²) in [6.45, 7) is 1.71. The van der Waals surface area contributed by atoms with Gasteiger partial charge in [0, 0.05) is 48.8 Å². The SMILES string of the molecule is CN=C(NCc1ccc(N2CCCC2=O)cc1)NCc1ccc(Br)cc1F.I. The third kappa shape index (κ3) is 5.91. The van der Waals surface area contributed by atoms with Crippen molar-refractivity contribution >= 4 is 57.5 Å². The molecule has 2 aromatic carbocycles. The van der Waals surface area contributed by atoms with Gasteiger partial charge in [-0.25, -0.2) is 4.39 Å². The molecular formula is C20H23BrFIN4O. The van der Waals surface area contributed by atoms with Crippen molar-refractivity contribution in [2.45, 2.75) is 25.9 Å². The molecule has 0 unspecified atom stereocenters. The largest absolute Gasteiger partial charge is 0.352 e. The monoisotopic (exact) mass is 560 g/mol. The topological polar surface area (TPSA) is 56.7 Å². The van der Waals surface area contributed by atoms with Crippen molar-refractivity contribution in [1.29, 1.82) is 0 Å². The Morgan fingerprint density at radius 1 is 1.18 bits per heavy atom. The Labute approximate surface area is 189 Å². The van der Waals surface area contributed by atoms with E-state index in [4.69, 9.17) is 0 Å². The van der Waals surface area contributed by atoms with Crippen LogP contribution >= 0.6 is 39.9 Å². The summed E-state index contributed by atoms with van der Waals surface area (Å²) in [5.74, 6) is 0.515. The molecule has 0 atom stereocenters. The van der Waals surface area contributed by atoms with Crippen LogP contribution in [-0.4, -0.2) is 25.5 Å². The molecule has 2 aromatic rings. The number of hydrogen-bond donors (Lipinski definition) is 2. The molecule has 2 N–H and O–H groups in total. The Bertz CT molecular complexity index is 845. The predicted octanol–water partition coefficient (Wildman–Crippen LogP) is 4.20. The van der Waals surface area contributed by atoms with Crippen LogP contribution < -0.4 is 15.5 Å². The summed E-state index contributed by atoms with van der Waals surface area (Å²) >= 11 is 3.25. The quantitative estimate of drug-likeness (QED) is 0.327. The minimum atomic E-state index is -0.264. The van der Waals surface area contributed by atoms with Crippen LogP contribution in [0.25, 0.3) is 0 Å². The zero-order chi connectivity index (χ0) is 19.2. The minimum absolute atomic E-state index is 0. The molecule has 150 valence electrons. The molecule has 1 heterocycles. The van der Waals surface area contributed by atoms with Crippen molar-refractivity contribution in [2.24, 2.45) is 4.99 Å². The van der Waals surface area contributed by atoms with Gasteiger partial charge in [0.2, 0.25) is 5.91 Å². The molecule has 0 spiro atoms. The molecule has 0 aliphatic carbocycles. The first-order valence-electron chi connectivity index (χ1n) is 8.84. The Hall–Kier alpha value is -1.68. The second-order valence-corrected chi connectivity index (χ2v) is 7.25. The number of carbonyl (C=O) groups is 1. The number of nitrogens with zero attached hydrogens (tertiary/aromatic N) is 2. The van der Waals surface area contributed by atoms with Gasteiger partial charge in [0.25, 0.3) is 0 Å². The highest BCUT2D eigenvalue weighted by Gasteiger charge is 2.21. The smallest absolute Gasteiger partial charge is 0.227 e. The van der Waals surface area contributed by atoms with Crippen molar-refractivity contribution in [2.75, 3.05) is 18.5 Å². The van der Waals surface area contributed by atoms with E-state index in [1.165, 1.54) is 6.07 Å². The van der Waals surface area contributed by atoms with Crippen LogP contribution in [0.5, 0.6) is 0 Å². The second kappa shape index (κ2) is 10.8. The van der Waals surface area contributed by atoms with Gasteiger partial charge in [-0.05, 0) is 36.2 Å². The number of aliphatic imine (C=N–C) groups is 1. The third-order valence-electron chi connectivity index (χ3n) is 4.47. The zero-order valence-electron chi connectivity index (χ0n) is 15.5. The van der Waals surface area contributed by atoms with E-state index >= 15 is 0 Å². The van der Waals surface area contributed by atoms with Crippen molar-refractivity contribution in [1.82, 2.24) is 10.6 Å². The van der Waals surface area contributed by atoms with Gasteiger partial charge in [-0.3, -0.25) is 9.79 Å². The number of rotatable bonds is 5. The van der Waals surface area contributed by atoms with Gasteiger partial charge in [0.15, 0.2) is 5.96 Å². The molecule has 1 amide bonds. The second-order valence-electron chi connectivity index (χ2n) is 6.33. The average Bonchev–Trinajstić information content (AvgIpc) is 3.09. The lowest BCUT2D eigenvalue weighted by Crippen LogP contribution is -2.36. The van der Waals surface area contributed by atoms with E-state index in [1.807, 2.05) is 35.2 Å². The summed E-state index contributed by atoms with van der Waals surface area (Å²) in [7, 11) is 1.68. The molecule has 1 saturated heterocycles. The first-order valence-corrected chi connectivity index (χ1v) is 9.64. The average molecular weight is 561 g/mol. The Morgan fingerprint density at radius 2 is 1.89 bits per heavy atom. The molecule has 0 saturated carbocycles. The summed E-state index contributed by atoms with van der Waals surface area (Å²) in [5, 5.41) is 6.32. The number of nitrogens with one attached hydrogen (secondary N) is 2. The summed E-state index contributed by atoms with van der Waals surface area (Å²) in [6, 6.07) is 12.9. The van der Waals surface area contributed by atoms with Gasteiger partial charge in [-0.15, -0.1) is 24.0 Å². The number of halogens is 3. The fourth-order valence-corrected chi connectivity index (χ4v) is 3.30. The Balaban J connectivity index is 0.00000280. The van der Waals surface area contributed by atoms with Gasteiger partial charge in [0.1, 0.15) is 5.82 Å². The number of hydrogen-bond acceptors (Lipinski definition) is 2. The predicted molar refractivity (Wildman–Crippen MR) is 125 cm³/mol. The molecule has 1 aliphatic heterocycles. The molecule has 0 bridgehead atoms. The van der Waals surface area contributed by atoms with Gasteiger partial charge in [0.05, 0.1) is 0 Å². The summed E-state index contributed by atoms with van der Waals surface area (Å²) in [5.41, 5.74) is 2.58. The minimum Gasteiger partial charge on any atom is -0.352 e. The normalized spacial score (nSPS) is 14.0. The summed E-state index contributed by atoms with van der Waals surface area (Å²) in [6.07, 6.45) is 1.55. The van der Waals surface area contributed by atoms with Crippen LogP contribution in [-0.2, 0) is 17.9 Å². The molecule has 1 aliphatic rings. The first kappa shape index (κ1) is 22.6. The molecule has 3 rings (SSSR count). The van der Waals surface area contributed by atoms with E-state index in [1.54, 1.807) is 13.1 Å². The van der Waals surface area contributed by atoms with Gasteiger partial charge < -0.3 is 15.5 Å². The van der Waals surface area contributed by atoms with E-state index < -0.39 is 0 Å². The van der Waals surface area contributed by atoms with E-state index in [0.29, 0.717) is 35.5 Å². The maximum Gasteiger partial charge on any atom is 0.227 e. The van der Waals surface area contributed by atoms with E-state index in [9.17, 15) is 9.18 Å². The number of carbonyl (C=O) groups excluding carboxylic acids is 1. The first-order chi connectivity index (χ1) is 13.1. The van der Waals surface area contributed by atoms with Gasteiger partial charge in [-0.2, -0.15) is 0 Å². The van der Waals surface area contributed by atoms with Gasteiger partial charge in [-0.1, -0.05) is 34.1 Å². The standard InChI is InChI=1S/C20H22BrFN4O.HI/c1-23-20(25-13-15-6-7-16(21)11-18(15)22)24-12-14-4-8-17(9-5-14)26-10-2-3-19(26)27;/h4-9,11H,2-3,10,12-13H2,1H3,(H2,23,24,25);1H. The molecular weight excluding hydrogens is 538 g/mol. The van der Waals surface area contributed by atoms with Crippen LogP contribution in [0.4, 0.5) is 10.1 Å². The fourth-order valence-electron chi connectivity index (χ4n) is 2.97. The molecule has 0 radical (unpaired) electrons. The fraction of sp³-hybridized carbons (Fsp3) is 0.300. The highest BCUT2D eigenvalue weighted by molar-refractivity contribution is 14.0. The van der Waals surface area contributed by atoms with Crippen molar-refractivity contribution in [3.8, 4) is 0 Å². The highest BCUT2D eigenvalue weighted by atomic mass is 127. The van der Waals surface area contributed by atoms with Crippen LogP contribution in [0.2, 0.25) is 0 Å². The van der Waals surface area contributed by atoms with Crippen molar-refractivity contribution in [3.05, 3.63) is 63.9 Å². The Kier molecular flexibility index (Phi) is 8.68. The van der Waals surface area contributed by atoms with E-state index in [0.717, 1.165) is 24.2 Å². The molecule has 1 fully saturated rings. The molecule has 28 heavy (non-hydrogen) atoms. The Morgan fingerprint density at radius 3 is 2.50 bits per heavy atom.